The van der Waals surface area contributed by atoms with Crippen molar-refractivity contribution < 1.29 is 33.4 Å². The van der Waals surface area contributed by atoms with Gasteiger partial charge in [-0.2, -0.15) is 0 Å². The van der Waals surface area contributed by atoms with Crippen LogP contribution in [0.1, 0.15) is 40.0 Å². The lowest BCUT2D eigenvalue weighted by Gasteiger charge is -2.22. The van der Waals surface area contributed by atoms with E-state index in [-0.39, 0.29) is 63.1 Å². The van der Waals surface area contributed by atoms with Crippen LogP contribution in [-0.4, -0.2) is 81.1 Å². The van der Waals surface area contributed by atoms with Crippen LogP contribution in [0.25, 0.3) is 0 Å². The van der Waals surface area contributed by atoms with Crippen molar-refractivity contribution in [1.29, 1.82) is 0 Å². The van der Waals surface area contributed by atoms with Gasteiger partial charge in [0.1, 0.15) is 36.5 Å². The molecule has 1 aliphatic heterocycles. The first-order valence-corrected chi connectivity index (χ1v) is 15.1. The van der Waals surface area contributed by atoms with E-state index < -0.39 is 17.9 Å². The number of hydrogen-bond acceptors (Lipinski definition) is 7. The van der Waals surface area contributed by atoms with E-state index in [9.17, 15) is 19.2 Å². The van der Waals surface area contributed by atoms with E-state index in [1.54, 1.807) is 79.8 Å². The normalized spacial score (nSPS) is 16.9. The molecule has 0 aliphatic carbocycles. The summed E-state index contributed by atoms with van der Waals surface area (Å²) in [6, 6.07) is 19.4. The number of nitrogens with zero attached hydrogens (tertiary/aromatic N) is 1. The van der Waals surface area contributed by atoms with Crippen LogP contribution in [0.2, 0.25) is 5.02 Å². The number of ether oxygens (including phenoxy) is 3. The number of carbonyl (C=O) groups is 4. The summed E-state index contributed by atoms with van der Waals surface area (Å²) < 4.78 is 17.4. The van der Waals surface area contributed by atoms with E-state index in [0.29, 0.717) is 40.8 Å². The zero-order valence-electron chi connectivity index (χ0n) is 25.1. The lowest BCUT2D eigenvalue weighted by Crippen LogP contribution is -2.48. The first kappa shape index (κ1) is 33.1. The van der Waals surface area contributed by atoms with E-state index in [1.165, 1.54) is 4.90 Å². The number of likely N-dealkylation sites (N-methyl/N-ethyl adjacent to an activating group) is 1. The van der Waals surface area contributed by atoms with E-state index in [2.05, 4.69) is 16.0 Å². The topological polar surface area (TPSA) is 135 Å². The number of fused-ring (bicyclic) bond motifs is 2. The largest absolute Gasteiger partial charge is 0.493 e. The summed E-state index contributed by atoms with van der Waals surface area (Å²) >= 11 is 5.91. The predicted molar refractivity (Wildman–Crippen MR) is 169 cm³/mol. The minimum atomic E-state index is -0.998. The Morgan fingerprint density at radius 3 is 2.29 bits per heavy atom. The molecule has 1 aliphatic rings. The summed E-state index contributed by atoms with van der Waals surface area (Å²) in [6.07, 6.45) is 0.541. The molecule has 1 atom stereocenters. The molecule has 0 spiro atoms. The van der Waals surface area contributed by atoms with Crippen molar-refractivity contribution in [2.75, 3.05) is 46.5 Å². The molecule has 0 saturated heterocycles. The highest BCUT2D eigenvalue weighted by atomic mass is 35.5. The van der Waals surface area contributed by atoms with Gasteiger partial charge < -0.3 is 35.1 Å². The van der Waals surface area contributed by atoms with Crippen molar-refractivity contribution in [2.45, 2.75) is 25.3 Å². The number of para-hydroxylation sites is 2. The van der Waals surface area contributed by atoms with E-state index in [4.69, 9.17) is 25.8 Å². The molecule has 238 valence electrons. The molecule has 4 rings (SSSR count). The van der Waals surface area contributed by atoms with Crippen molar-refractivity contribution in [1.82, 2.24) is 20.9 Å². The number of benzene rings is 3. The zero-order valence-corrected chi connectivity index (χ0v) is 25.8. The highest BCUT2D eigenvalue weighted by molar-refractivity contribution is 6.30. The Morgan fingerprint density at radius 2 is 1.58 bits per heavy atom. The predicted octanol–water partition coefficient (Wildman–Crippen LogP) is 3.46. The highest BCUT2D eigenvalue weighted by Gasteiger charge is 2.25. The maximum absolute atomic E-state index is 13.4. The molecule has 12 heteroatoms. The molecule has 0 radical (unpaired) electrons. The van der Waals surface area contributed by atoms with E-state index in [0.717, 1.165) is 0 Å². The SMILES string of the molecule is CN1CCOc2ccccc2C(=O)NCCCOc2ccccc2C(=O)N[C@H](C(=O)NCCOc2ccc(Cl)cc2)CCC1=O. The monoisotopic (exact) mass is 636 g/mol. The van der Waals surface area contributed by atoms with Gasteiger partial charge in [0.25, 0.3) is 11.8 Å². The van der Waals surface area contributed by atoms with Crippen LogP contribution >= 0.6 is 11.6 Å². The minimum Gasteiger partial charge on any atom is -0.493 e. The smallest absolute Gasteiger partial charge is 0.255 e. The minimum absolute atomic E-state index is 0.00667. The van der Waals surface area contributed by atoms with Gasteiger partial charge in [0, 0.05) is 25.0 Å². The molecule has 4 amide bonds. The Kier molecular flexibility index (Phi) is 12.4. The fourth-order valence-corrected chi connectivity index (χ4v) is 4.62. The molecular formula is C33H37ClN4O7. The molecule has 0 fully saturated rings. The van der Waals surface area contributed by atoms with Crippen LogP contribution in [-0.2, 0) is 9.59 Å². The average Bonchev–Trinajstić information content (AvgIpc) is 3.05. The quantitative estimate of drug-likeness (QED) is 0.365. The molecule has 3 N–H and O–H groups in total. The van der Waals surface area contributed by atoms with Crippen LogP contribution in [0, 0.1) is 0 Å². The summed E-state index contributed by atoms with van der Waals surface area (Å²) in [5.74, 6) is -0.141. The van der Waals surface area contributed by atoms with Crippen molar-refractivity contribution in [3.8, 4) is 17.2 Å². The molecule has 0 unspecified atom stereocenters. The molecule has 1 heterocycles. The van der Waals surface area contributed by atoms with Gasteiger partial charge in [0.15, 0.2) is 0 Å². The molecule has 3 aromatic carbocycles. The van der Waals surface area contributed by atoms with Gasteiger partial charge in [-0.3, -0.25) is 19.2 Å². The standard InChI is InChI=1S/C33H37ClN4O7/c1-38-19-22-45-28-9-4-2-7-25(28)31(40)35-17-6-20-44-29-10-5-3-8-26(29)32(41)37-27(15-16-30(38)39)33(42)36-18-21-43-24-13-11-23(34)12-14-24/h2-5,7-14,27H,6,15-22H2,1H3,(H,35,40)(H,36,42)(H,37,41)/t27-/m0/s1. The molecule has 3 aromatic rings. The number of hydrogen-bond donors (Lipinski definition) is 3. The second-order valence-corrected chi connectivity index (χ2v) is 10.7. The molecule has 0 aromatic heterocycles. The number of halogens is 1. The third-order valence-corrected chi connectivity index (χ3v) is 7.24. The van der Waals surface area contributed by atoms with Gasteiger partial charge in [0.2, 0.25) is 11.8 Å². The second kappa shape index (κ2) is 16.9. The Morgan fingerprint density at radius 1 is 0.933 bits per heavy atom. The van der Waals surface area contributed by atoms with Gasteiger partial charge in [-0.05, 0) is 61.4 Å². The summed E-state index contributed by atoms with van der Waals surface area (Å²) in [7, 11) is 1.63. The molecular weight excluding hydrogens is 600 g/mol. The zero-order chi connectivity index (χ0) is 32.0. The lowest BCUT2D eigenvalue weighted by molar-refractivity contribution is -0.130. The van der Waals surface area contributed by atoms with Crippen molar-refractivity contribution >= 4 is 35.2 Å². The number of nitrogens with one attached hydrogen (secondary N) is 3. The van der Waals surface area contributed by atoms with Gasteiger partial charge in [0.05, 0.1) is 30.8 Å². The number of carbonyl (C=O) groups excluding carboxylic acids is 4. The van der Waals surface area contributed by atoms with Gasteiger partial charge in [-0.1, -0.05) is 35.9 Å². The first-order chi connectivity index (χ1) is 21.8. The maximum Gasteiger partial charge on any atom is 0.255 e. The van der Waals surface area contributed by atoms with Crippen molar-refractivity contribution in [3.05, 3.63) is 88.9 Å². The summed E-state index contributed by atoms with van der Waals surface area (Å²) in [5, 5.41) is 9.00. The van der Waals surface area contributed by atoms with E-state index >= 15 is 0 Å². The Bertz CT molecular complexity index is 1470. The third-order valence-electron chi connectivity index (χ3n) is 6.99. The third kappa shape index (κ3) is 10.1. The molecule has 0 saturated carbocycles. The second-order valence-electron chi connectivity index (χ2n) is 10.3. The van der Waals surface area contributed by atoms with Crippen molar-refractivity contribution in [3.63, 3.8) is 0 Å². The molecule has 45 heavy (non-hydrogen) atoms. The first-order valence-electron chi connectivity index (χ1n) is 14.7. The average molecular weight is 637 g/mol. The summed E-state index contributed by atoms with van der Waals surface area (Å²) in [4.78, 5) is 53.9. The Labute approximate surface area is 267 Å². The Hall–Kier alpha value is -4.77. The van der Waals surface area contributed by atoms with Crippen LogP contribution in [0.4, 0.5) is 0 Å². The van der Waals surface area contributed by atoms with Gasteiger partial charge in [-0.15, -0.1) is 0 Å². The van der Waals surface area contributed by atoms with Crippen LogP contribution in [0.15, 0.2) is 72.8 Å². The lowest BCUT2D eigenvalue weighted by atomic mass is 10.1. The Balaban J connectivity index is 1.45. The summed E-state index contributed by atoms with van der Waals surface area (Å²) in [6.45, 7) is 1.35. The van der Waals surface area contributed by atoms with Crippen LogP contribution in [0.5, 0.6) is 17.2 Å². The van der Waals surface area contributed by atoms with E-state index in [1.807, 2.05) is 0 Å². The number of rotatable bonds is 5. The van der Waals surface area contributed by atoms with Crippen LogP contribution in [0.3, 0.4) is 0 Å². The fourth-order valence-electron chi connectivity index (χ4n) is 4.49. The molecule has 11 nitrogen and oxygen atoms in total. The number of amides is 4. The van der Waals surface area contributed by atoms with Crippen LogP contribution < -0.4 is 30.2 Å². The van der Waals surface area contributed by atoms with Gasteiger partial charge in [-0.25, -0.2) is 0 Å². The summed E-state index contributed by atoms with van der Waals surface area (Å²) in [5.41, 5.74) is 0.630. The fraction of sp³-hybridized carbons (Fsp3) is 0.333. The van der Waals surface area contributed by atoms with Gasteiger partial charge >= 0.3 is 0 Å². The molecule has 0 bridgehead atoms. The maximum atomic E-state index is 13.4. The highest BCUT2D eigenvalue weighted by Crippen LogP contribution is 2.20. The van der Waals surface area contributed by atoms with Crippen molar-refractivity contribution in [2.24, 2.45) is 0 Å².